The van der Waals surface area contributed by atoms with Crippen molar-refractivity contribution in [2.75, 3.05) is 19.5 Å². The second kappa shape index (κ2) is 6.44. The molecule has 3 aromatic rings. The lowest BCUT2D eigenvalue weighted by Crippen LogP contribution is -2.13. The lowest BCUT2D eigenvalue weighted by molar-refractivity contribution is 0.102. The molecule has 2 N–H and O–H groups in total. The van der Waals surface area contributed by atoms with E-state index in [-0.39, 0.29) is 11.9 Å². The maximum Gasteiger partial charge on any atom is 0.277 e. The summed E-state index contributed by atoms with van der Waals surface area (Å²) in [5.41, 5.74) is 1.14. The maximum atomic E-state index is 12.1. The second-order valence-electron chi connectivity index (χ2n) is 4.40. The van der Waals surface area contributed by atoms with E-state index >= 15 is 0 Å². The highest BCUT2D eigenvalue weighted by Crippen LogP contribution is 2.33. The third-order valence-electron chi connectivity index (χ3n) is 3.01. The molecule has 0 unspecified atom stereocenters. The Hall–Kier alpha value is -2.94. The Labute approximate surface area is 135 Å². The van der Waals surface area contributed by atoms with Gasteiger partial charge in [0.15, 0.2) is 11.5 Å². The van der Waals surface area contributed by atoms with E-state index in [0.29, 0.717) is 22.2 Å². The van der Waals surface area contributed by atoms with Crippen molar-refractivity contribution in [3.05, 3.63) is 35.6 Å². The number of nitrogens with zero attached hydrogens (tertiary/aromatic N) is 3. The molecule has 9 heteroatoms. The van der Waals surface area contributed by atoms with Crippen molar-refractivity contribution >= 4 is 23.2 Å². The standard InChI is InChI=1S/C14H13N5O3S/c1-21-10-4-3-8(5-11(10)22-2)13-17-9(6-23-13)12(20)18-14-15-7-16-19-14/h3-7H,1-2H3,(H2,15,16,18,19,20). The van der Waals surface area contributed by atoms with Crippen LogP contribution in [0.15, 0.2) is 29.9 Å². The van der Waals surface area contributed by atoms with Gasteiger partial charge in [-0.15, -0.1) is 11.3 Å². The number of thiazole rings is 1. The van der Waals surface area contributed by atoms with E-state index in [4.69, 9.17) is 9.47 Å². The van der Waals surface area contributed by atoms with E-state index in [9.17, 15) is 4.79 Å². The quantitative estimate of drug-likeness (QED) is 0.743. The first-order chi connectivity index (χ1) is 11.2. The Morgan fingerprint density at radius 3 is 2.78 bits per heavy atom. The summed E-state index contributed by atoms with van der Waals surface area (Å²) in [6.07, 6.45) is 1.31. The number of carbonyl (C=O) groups excluding carboxylic acids is 1. The summed E-state index contributed by atoms with van der Waals surface area (Å²) in [6, 6.07) is 5.47. The van der Waals surface area contributed by atoms with E-state index in [1.807, 2.05) is 12.1 Å². The molecule has 0 radical (unpaired) electrons. The predicted molar refractivity (Wildman–Crippen MR) is 85.0 cm³/mol. The number of rotatable bonds is 5. The summed E-state index contributed by atoms with van der Waals surface area (Å²) in [5.74, 6) is 1.16. The Kier molecular flexibility index (Phi) is 4.20. The molecule has 0 aliphatic rings. The van der Waals surface area contributed by atoms with Crippen LogP contribution in [0.1, 0.15) is 10.5 Å². The fraction of sp³-hybridized carbons (Fsp3) is 0.143. The SMILES string of the molecule is COc1ccc(-c2nc(C(=O)Nc3ncn[nH]3)cs2)cc1OC. The minimum absolute atomic E-state index is 0.274. The summed E-state index contributed by atoms with van der Waals surface area (Å²) in [5, 5.41) is 11.2. The third kappa shape index (κ3) is 3.14. The zero-order chi connectivity index (χ0) is 16.2. The highest BCUT2D eigenvalue weighted by atomic mass is 32.1. The molecule has 0 aliphatic heterocycles. The number of anilines is 1. The molecule has 2 aromatic heterocycles. The summed E-state index contributed by atoms with van der Waals surface area (Å²) in [7, 11) is 3.15. The summed E-state index contributed by atoms with van der Waals surface area (Å²) in [6.45, 7) is 0. The molecule has 0 saturated carbocycles. The van der Waals surface area contributed by atoms with E-state index in [1.54, 1.807) is 25.7 Å². The number of carbonyl (C=O) groups is 1. The molecule has 1 amide bonds. The Balaban J connectivity index is 1.82. The van der Waals surface area contributed by atoms with Crippen LogP contribution >= 0.6 is 11.3 Å². The van der Waals surface area contributed by atoms with Gasteiger partial charge in [-0.2, -0.15) is 10.1 Å². The van der Waals surface area contributed by atoms with Crippen LogP contribution in [0.25, 0.3) is 10.6 Å². The molecule has 3 rings (SSSR count). The van der Waals surface area contributed by atoms with Gasteiger partial charge in [0.2, 0.25) is 5.95 Å². The number of H-pyrrole nitrogens is 1. The lowest BCUT2D eigenvalue weighted by Gasteiger charge is -2.08. The van der Waals surface area contributed by atoms with Crippen LogP contribution in [0.3, 0.4) is 0 Å². The largest absolute Gasteiger partial charge is 0.493 e. The predicted octanol–water partition coefficient (Wildman–Crippen LogP) is 2.20. The van der Waals surface area contributed by atoms with Gasteiger partial charge in [-0.1, -0.05) is 0 Å². The number of hydrogen-bond donors (Lipinski definition) is 2. The number of nitrogens with one attached hydrogen (secondary N) is 2. The van der Waals surface area contributed by atoms with Gasteiger partial charge in [0, 0.05) is 10.9 Å². The van der Waals surface area contributed by atoms with Gasteiger partial charge in [0.25, 0.3) is 5.91 Å². The molecule has 0 saturated heterocycles. The third-order valence-corrected chi connectivity index (χ3v) is 3.91. The second-order valence-corrected chi connectivity index (χ2v) is 5.25. The van der Waals surface area contributed by atoms with Gasteiger partial charge in [-0.3, -0.25) is 10.1 Å². The Morgan fingerprint density at radius 2 is 2.09 bits per heavy atom. The van der Waals surface area contributed by atoms with Gasteiger partial charge in [0.1, 0.15) is 17.0 Å². The topological polar surface area (TPSA) is 102 Å². The zero-order valence-electron chi connectivity index (χ0n) is 12.4. The van der Waals surface area contributed by atoms with Crippen LogP contribution in [-0.2, 0) is 0 Å². The molecule has 0 fully saturated rings. The average molecular weight is 331 g/mol. The molecule has 0 aliphatic carbocycles. The zero-order valence-corrected chi connectivity index (χ0v) is 13.2. The van der Waals surface area contributed by atoms with Crippen LogP contribution in [0.2, 0.25) is 0 Å². The van der Waals surface area contributed by atoms with E-state index in [2.05, 4.69) is 25.5 Å². The van der Waals surface area contributed by atoms with E-state index in [0.717, 1.165) is 5.56 Å². The summed E-state index contributed by atoms with van der Waals surface area (Å²) < 4.78 is 10.5. The molecule has 8 nitrogen and oxygen atoms in total. The van der Waals surface area contributed by atoms with Crippen molar-refractivity contribution in [1.29, 1.82) is 0 Å². The fourth-order valence-electron chi connectivity index (χ4n) is 1.92. The number of ether oxygens (including phenoxy) is 2. The number of amides is 1. The minimum Gasteiger partial charge on any atom is -0.493 e. The maximum absolute atomic E-state index is 12.1. The van der Waals surface area contributed by atoms with E-state index < -0.39 is 0 Å². The molecule has 0 spiro atoms. The molecule has 2 heterocycles. The first kappa shape index (κ1) is 15.0. The Bertz CT molecular complexity index is 816. The van der Waals surface area contributed by atoms with Crippen LogP contribution in [0.5, 0.6) is 11.5 Å². The molecule has 23 heavy (non-hydrogen) atoms. The van der Waals surface area contributed by atoms with Gasteiger partial charge in [0.05, 0.1) is 14.2 Å². The summed E-state index contributed by atoms with van der Waals surface area (Å²) in [4.78, 5) is 20.3. The summed E-state index contributed by atoms with van der Waals surface area (Å²) >= 11 is 1.36. The van der Waals surface area contributed by atoms with Gasteiger partial charge >= 0.3 is 0 Å². The highest BCUT2D eigenvalue weighted by molar-refractivity contribution is 7.13. The van der Waals surface area contributed by atoms with Gasteiger partial charge < -0.3 is 9.47 Å². The van der Waals surface area contributed by atoms with Gasteiger partial charge in [-0.05, 0) is 18.2 Å². The van der Waals surface area contributed by atoms with Crippen molar-refractivity contribution in [3.8, 4) is 22.1 Å². The normalized spacial score (nSPS) is 10.3. The molecule has 118 valence electrons. The number of aromatic nitrogens is 4. The van der Waals surface area contributed by atoms with Gasteiger partial charge in [-0.25, -0.2) is 10.1 Å². The van der Waals surface area contributed by atoms with Crippen LogP contribution in [0, 0.1) is 0 Å². The highest BCUT2D eigenvalue weighted by Gasteiger charge is 2.14. The van der Waals surface area contributed by atoms with Crippen molar-refractivity contribution in [3.63, 3.8) is 0 Å². The smallest absolute Gasteiger partial charge is 0.277 e. The minimum atomic E-state index is -0.357. The molecular weight excluding hydrogens is 318 g/mol. The first-order valence-corrected chi connectivity index (χ1v) is 7.44. The lowest BCUT2D eigenvalue weighted by atomic mass is 10.2. The van der Waals surface area contributed by atoms with Crippen LogP contribution in [-0.4, -0.2) is 40.3 Å². The van der Waals surface area contributed by atoms with Crippen molar-refractivity contribution in [2.45, 2.75) is 0 Å². The molecule has 0 atom stereocenters. The van der Waals surface area contributed by atoms with Crippen LogP contribution in [0.4, 0.5) is 5.95 Å². The van der Waals surface area contributed by atoms with E-state index in [1.165, 1.54) is 17.7 Å². The monoisotopic (exact) mass is 331 g/mol. The van der Waals surface area contributed by atoms with Crippen molar-refractivity contribution in [2.24, 2.45) is 0 Å². The molecule has 0 bridgehead atoms. The Morgan fingerprint density at radius 1 is 1.26 bits per heavy atom. The van der Waals surface area contributed by atoms with Crippen molar-refractivity contribution < 1.29 is 14.3 Å². The number of methoxy groups -OCH3 is 2. The first-order valence-electron chi connectivity index (χ1n) is 6.56. The fourth-order valence-corrected chi connectivity index (χ4v) is 2.71. The van der Waals surface area contributed by atoms with Crippen LogP contribution < -0.4 is 14.8 Å². The number of hydrogen-bond acceptors (Lipinski definition) is 7. The molecule has 1 aromatic carbocycles. The van der Waals surface area contributed by atoms with Crippen molar-refractivity contribution in [1.82, 2.24) is 20.2 Å². The molecular formula is C14H13N5O3S. The number of aromatic amines is 1. The average Bonchev–Trinajstić information content (AvgIpc) is 3.25. The number of benzene rings is 1.